The van der Waals surface area contributed by atoms with Crippen LogP contribution in [0.4, 0.5) is 19.8 Å². The first kappa shape index (κ1) is 28.3. The number of aromatic nitrogens is 1. The maximum atomic E-state index is 14.7. The van der Waals surface area contributed by atoms with Crippen LogP contribution in [0.25, 0.3) is 32.8 Å². The van der Waals surface area contributed by atoms with Crippen molar-refractivity contribution in [2.75, 3.05) is 12.1 Å². The molecule has 0 aliphatic rings. The fraction of sp³-hybridized carbons (Fsp3) is 0.0857. The standard InChI is InChI=1S/C35H28FN3O5/c1-42-30-19-16-25-14-8-9-15-27(25)31(30)32-28-20-26(36)17-18-29(28)37-33(32)39(35(41)44-22-24-12-6-3-7-13-24)38-34(40)43-21-23-10-4-2-5-11-23/h2-20,37H,21-22H2,1H3,(H,38,40). The molecule has 0 saturated heterocycles. The highest BCUT2D eigenvalue weighted by atomic mass is 19.1. The molecule has 2 N–H and O–H groups in total. The van der Waals surface area contributed by atoms with Gasteiger partial charge in [0.1, 0.15) is 30.6 Å². The number of benzene rings is 5. The number of nitrogens with zero attached hydrogens (tertiary/aromatic N) is 1. The Morgan fingerprint density at radius 1 is 0.750 bits per heavy atom. The van der Waals surface area contributed by atoms with E-state index >= 15 is 0 Å². The molecule has 2 amide bonds. The van der Waals surface area contributed by atoms with Crippen LogP contribution >= 0.6 is 0 Å². The van der Waals surface area contributed by atoms with E-state index in [9.17, 15) is 14.0 Å². The molecule has 44 heavy (non-hydrogen) atoms. The van der Waals surface area contributed by atoms with Crippen LogP contribution < -0.4 is 15.2 Å². The topological polar surface area (TPSA) is 92.9 Å². The Balaban J connectivity index is 1.47. The molecule has 8 nitrogen and oxygen atoms in total. The third-order valence-electron chi connectivity index (χ3n) is 7.13. The molecule has 0 bridgehead atoms. The Labute approximate surface area is 252 Å². The predicted octanol–water partition coefficient (Wildman–Crippen LogP) is 8.12. The van der Waals surface area contributed by atoms with Crippen LogP contribution in [0.1, 0.15) is 11.1 Å². The minimum Gasteiger partial charge on any atom is -0.496 e. The molecule has 0 fully saturated rings. The van der Waals surface area contributed by atoms with Crippen LogP contribution in [-0.4, -0.2) is 24.3 Å². The van der Waals surface area contributed by atoms with Crippen LogP contribution in [-0.2, 0) is 22.7 Å². The number of halogens is 1. The van der Waals surface area contributed by atoms with E-state index in [2.05, 4.69) is 10.4 Å². The van der Waals surface area contributed by atoms with Crippen molar-refractivity contribution in [1.82, 2.24) is 10.4 Å². The number of anilines is 1. The van der Waals surface area contributed by atoms with Gasteiger partial charge in [-0.15, -0.1) is 0 Å². The number of hydrogen-bond acceptors (Lipinski definition) is 5. The van der Waals surface area contributed by atoms with Crippen molar-refractivity contribution in [3.63, 3.8) is 0 Å². The quantitative estimate of drug-likeness (QED) is 0.184. The largest absolute Gasteiger partial charge is 0.496 e. The summed E-state index contributed by atoms with van der Waals surface area (Å²) in [7, 11) is 1.54. The highest BCUT2D eigenvalue weighted by Gasteiger charge is 2.30. The number of nitrogens with one attached hydrogen (secondary N) is 2. The van der Waals surface area contributed by atoms with Crippen molar-refractivity contribution < 1.29 is 28.2 Å². The zero-order valence-corrected chi connectivity index (χ0v) is 23.8. The number of rotatable bonds is 7. The lowest BCUT2D eigenvalue weighted by atomic mass is 9.96. The van der Waals surface area contributed by atoms with Crippen LogP contribution in [0.2, 0.25) is 0 Å². The van der Waals surface area contributed by atoms with Gasteiger partial charge >= 0.3 is 12.2 Å². The van der Waals surface area contributed by atoms with Crippen molar-refractivity contribution in [1.29, 1.82) is 0 Å². The number of amides is 2. The molecule has 1 aromatic heterocycles. The van der Waals surface area contributed by atoms with Crippen LogP contribution in [0.15, 0.2) is 115 Å². The van der Waals surface area contributed by atoms with E-state index in [1.165, 1.54) is 19.2 Å². The van der Waals surface area contributed by atoms with E-state index in [0.717, 1.165) is 26.9 Å². The summed E-state index contributed by atoms with van der Waals surface area (Å²) in [5.74, 6) is 0.145. The molecule has 5 aromatic carbocycles. The molecule has 1 heterocycles. The summed E-state index contributed by atoms with van der Waals surface area (Å²) in [6.07, 6.45) is -1.79. The van der Waals surface area contributed by atoms with Crippen molar-refractivity contribution in [3.05, 3.63) is 132 Å². The summed E-state index contributed by atoms with van der Waals surface area (Å²) in [6.45, 7) is -0.0831. The van der Waals surface area contributed by atoms with Gasteiger partial charge in [-0.1, -0.05) is 91.0 Å². The maximum Gasteiger partial charge on any atom is 0.435 e. The van der Waals surface area contributed by atoms with Gasteiger partial charge in [0.05, 0.1) is 7.11 Å². The summed E-state index contributed by atoms with van der Waals surface area (Å²) in [5.41, 5.74) is 5.60. The van der Waals surface area contributed by atoms with Gasteiger partial charge in [-0.05, 0) is 46.2 Å². The normalized spacial score (nSPS) is 10.9. The van der Waals surface area contributed by atoms with Gasteiger partial charge in [0.2, 0.25) is 0 Å². The molecule has 6 aromatic rings. The molecule has 0 atom stereocenters. The first-order valence-corrected chi connectivity index (χ1v) is 13.9. The number of hydrazine groups is 1. The van der Waals surface area contributed by atoms with Gasteiger partial charge in [-0.3, -0.25) is 0 Å². The molecule has 0 aliphatic heterocycles. The third-order valence-corrected chi connectivity index (χ3v) is 7.13. The Kier molecular flexibility index (Phi) is 8.09. The average Bonchev–Trinajstić information content (AvgIpc) is 3.43. The van der Waals surface area contributed by atoms with Crippen molar-refractivity contribution in [3.8, 4) is 16.9 Å². The summed E-state index contributed by atoms with van der Waals surface area (Å²) < 4.78 is 31.6. The third kappa shape index (κ3) is 5.89. The minimum absolute atomic E-state index is 0.0263. The summed E-state index contributed by atoms with van der Waals surface area (Å²) in [5, 5.41) is 3.11. The van der Waals surface area contributed by atoms with E-state index in [1.54, 1.807) is 12.1 Å². The summed E-state index contributed by atoms with van der Waals surface area (Å²) in [6, 6.07) is 33.9. The zero-order valence-electron chi connectivity index (χ0n) is 23.8. The van der Waals surface area contributed by atoms with Crippen molar-refractivity contribution in [2.45, 2.75) is 13.2 Å². The zero-order chi connectivity index (χ0) is 30.5. The number of ether oxygens (including phenoxy) is 3. The minimum atomic E-state index is -0.897. The van der Waals surface area contributed by atoms with Crippen LogP contribution in [0, 0.1) is 5.82 Å². The van der Waals surface area contributed by atoms with Gasteiger partial charge in [0, 0.05) is 22.0 Å². The monoisotopic (exact) mass is 589 g/mol. The van der Waals surface area contributed by atoms with E-state index in [0.29, 0.717) is 27.8 Å². The summed E-state index contributed by atoms with van der Waals surface area (Å²) in [4.78, 5) is 30.1. The number of fused-ring (bicyclic) bond motifs is 2. The Bertz CT molecular complexity index is 1940. The van der Waals surface area contributed by atoms with Crippen LogP contribution in [0.5, 0.6) is 5.75 Å². The molecule has 0 aliphatic carbocycles. The second kappa shape index (κ2) is 12.6. The van der Waals surface area contributed by atoms with Gasteiger partial charge < -0.3 is 19.2 Å². The number of carbonyl (C=O) groups is 2. The smallest absolute Gasteiger partial charge is 0.435 e. The number of hydrogen-bond donors (Lipinski definition) is 2. The highest BCUT2D eigenvalue weighted by Crippen LogP contribution is 2.45. The van der Waals surface area contributed by atoms with E-state index in [4.69, 9.17) is 14.2 Å². The lowest BCUT2D eigenvalue weighted by Crippen LogP contribution is -2.47. The van der Waals surface area contributed by atoms with E-state index in [-0.39, 0.29) is 19.0 Å². The number of methoxy groups -OCH3 is 1. The lowest BCUT2D eigenvalue weighted by Gasteiger charge is -2.23. The fourth-order valence-corrected chi connectivity index (χ4v) is 5.07. The van der Waals surface area contributed by atoms with Gasteiger partial charge in [-0.25, -0.2) is 19.4 Å². The molecule has 0 unspecified atom stereocenters. The Morgan fingerprint density at radius 3 is 2.11 bits per heavy atom. The first-order valence-electron chi connectivity index (χ1n) is 13.9. The second-order valence-corrected chi connectivity index (χ2v) is 9.95. The maximum absolute atomic E-state index is 14.7. The van der Waals surface area contributed by atoms with Crippen molar-refractivity contribution >= 4 is 39.7 Å². The molecule has 0 saturated carbocycles. The molecule has 6 rings (SSSR count). The molecular weight excluding hydrogens is 561 g/mol. The highest BCUT2D eigenvalue weighted by molar-refractivity contribution is 6.13. The molecule has 0 radical (unpaired) electrons. The van der Waals surface area contributed by atoms with E-state index in [1.807, 2.05) is 91.0 Å². The Morgan fingerprint density at radius 2 is 1.41 bits per heavy atom. The van der Waals surface area contributed by atoms with Crippen LogP contribution in [0.3, 0.4) is 0 Å². The van der Waals surface area contributed by atoms with E-state index < -0.39 is 18.0 Å². The molecule has 220 valence electrons. The van der Waals surface area contributed by atoms with Gasteiger partial charge in [0.15, 0.2) is 0 Å². The molecular formula is C35H28FN3O5. The van der Waals surface area contributed by atoms with Crippen molar-refractivity contribution in [2.24, 2.45) is 0 Å². The number of H-pyrrole nitrogens is 1. The SMILES string of the molecule is COc1ccc2ccccc2c1-c1c(N(NC(=O)OCc2ccccc2)C(=O)OCc2ccccc2)[nH]c2ccc(F)cc12. The fourth-order valence-electron chi connectivity index (χ4n) is 5.07. The Hall–Kier alpha value is -5.83. The van der Waals surface area contributed by atoms with Gasteiger partial charge in [0.25, 0.3) is 0 Å². The number of aromatic amines is 1. The average molecular weight is 590 g/mol. The predicted molar refractivity (Wildman–Crippen MR) is 167 cm³/mol. The lowest BCUT2D eigenvalue weighted by molar-refractivity contribution is 0.126. The molecule has 0 spiro atoms. The summed E-state index contributed by atoms with van der Waals surface area (Å²) >= 11 is 0. The first-order chi connectivity index (χ1) is 21.5. The number of carbonyl (C=O) groups excluding carboxylic acids is 2. The second-order valence-electron chi connectivity index (χ2n) is 9.95. The molecule has 9 heteroatoms. The van der Waals surface area contributed by atoms with Gasteiger partial charge in [-0.2, -0.15) is 5.01 Å².